The van der Waals surface area contributed by atoms with Crippen LogP contribution in [-0.2, 0) is 11.2 Å². The Hall–Kier alpha value is -2.23. The normalized spacial score (nSPS) is 10.3. The van der Waals surface area contributed by atoms with Gasteiger partial charge >= 0.3 is 5.97 Å². The van der Waals surface area contributed by atoms with E-state index in [0.29, 0.717) is 24.4 Å². The van der Waals surface area contributed by atoms with Crippen LogP contribution in [0, 0.1) is 6.92 Å². The molecule has 0 saturated carbocycles. The molecule has 0 bridgehead atoms. The van der Waals surface area contributed by atoms with Gasteiger partial charge in [-0.05, 0) is 26.3 Å². The average Bonchev–Trinajstić information content (AvgIpc) is 2.46. The highest BCUT2D eigenvalue weighted by molar-refractivity contribution is 5.90. The highest BCUT2D eigenvalue weighted by Gasteiger charge is 2.15. The number of carbonyl (C=O) groups is 1. The fourth-order valence-corrected chi connectivity index (χ4v) is 1.99. The van der Waals surface area contributed by atoms with Gasteiger partial charge in [0.05, 0.1) is 17.9 Å². The standard InChI is InChI=1S/C16H18N2O2/c1-4-14-13(16(19)20-5-2)10-17-15(18-14)12-8-6-7-11(3)9-12/h6-10H,4-5H2,1-3H3. The minimum absolute atomic E-state index is 0.349. The van der Waals surface area contributed by atoms with Gasteiger partial charge in [0.15, 0.2) is 5.82 Å². The SMILES string of the molecule is CCOC(=O)c1cnc(-c2cccc(C)c2)nc1CC. The molecule has 0 spiro atoms. The summed E-state index contributed by atoms with van der Waals surface area (Å²) in [7, 11) is 0. The van der Waals surface area contributed by atoms with Gasteiger partial charge in [0.2, 0.25) is 0 Å². The predicted molar refractivity (Wildman–Crippen MR) is 77.5 cm³/mol. The van der Waals surface area contributed by atoms with Gasteiger partial charge in [-0.15, -0.1) is 0 Å². The molecule has 0 aliphatic rings. The fourth-order valence-electron chi connectivity index (χ4n) is 1.99. The van der Waals surface area contributed by atoms with Crippen LogP contribution in [0.3, 0.4) is 0 Å². The van der Waals surface area contributed by atoms with E-state index >= 15 is 0 Å². The van der Waals surface area contributed by atoms with Crippen LogP contribution < -0.4 is 0 Å². The first kappa shape index (κ1) is 14.2. The molecule has 0 aliphatic carbocycles. The van der Waals surface area contributed by atoms with Crippen LogP contribution >= 0.6 is 0 Å². The van der Waals surface area contributed by atoms with E-state index in [1.54, 1.807) is 13.1 Å². The van der Waals surface area contributed by atoms with Crippen molar-refractivity contribution in [2.75, 3.05) is 6.61 Å². The molecule has 4 nitrogen and oxygen atoms in total. The third-order valence-corrected chi connectivity index (χ3v) is 2.97. The van der Waals surface area contributed by atoms with E-state index in [9.17, 15) is 4.79 Å². The van der Waals surface area contributed by atoms with Crippen LogP contribution in [-0.4, -0.2) is 22.5 Å². The number of nitrogens with zero attached hydrogens (tertiary/aromatic N) is 2. The summed E-state index contributed by atoms with van der Waals surface area (Å²) in [5, 5.41) is 0. The third-order valence-electron chi connectivity index (χ3n) is 2.97. The zero-order chi connectivity index (χ0) is 14.5. The Morgan fingerprint density at radius 3 is 2.75 bits per heavy atom. The summed E-state index contributed by atoms with van der Waals surface area (Å²) < 4.78 is 5.02. The van der Waals surface area contributed by atoms with Crippen LogP contribution in [0.5, 0.6) is 0 Å². The second-order valence-electron chi connectivity index (χ2n) is 4.50. The van der Waals surface area contributed by atoms with Crippen LogP contribution in [0.1, 0.15) is 35.5 Å². The quantitative estimate of drug-likeness (QED) is 0.801. The van der Waals surface area contributed by atoms with Crippen LogP contribution in [0.25, 0.3) is 11.4 Å². The van der Waals surface area contributed by atoms with Crippen molar-refractivity contribution in [2.45, 2.75) is 27.2 Å². The van der Waals surface area contributed by atoms with E-state index in [0.717, 1.165) is 16.8 Å². The van der Waals surface area contributed by atoms with Crippen molar-refractivity contribution in [3.63, 3.8) is 0 Å². The molecule has 0 unspecified atom stereocenters. The Morgan fingerprint density at radius 2 is 2.10 bits per heavy atom. The van der Waals surface area contributed by atoms with Crippen LogP contribution in [0.4, 0.5) is 0 Å². The zero-order valence-electron chi connectivity index (χ0n) is 12.0. The Bertz CT molecular complexity index is 624. The Morgan fingerprint density at radius 1 is 1.30 bits per heavy atom. The highest BCUT2D eigenvalue weighted by Crippen LogP contribution is 2.18. The average molecular weight is 270 g/mol. The van der Waals surface area contributed by atoms with Gasteiger partial charge in [-0.2, -0.15) is 0 Å². The molecule has 2 rings (SSSR count). The van der Waals surface area contributed by atoms with Gasteiger partial charge in [0, 0.05) is 11.8 Å². The second-order valence-corrected chi connectivity index (χ2v) is 4.50. The molecule has 0 aliphatic heterocycles. The Kier molecular flexibility index (Phi) is 4.45. The maximum atomic E-state index is 11.8. The number of aromatic nitrogens is 2. The van der Waals surface area contributed by atoms with E-state index in [1.807, 2.05) is 38.1 Å². The summed E-state index contributed by atoms with van der Waals surface area (Å²) in [6.07, 6.45) is 2.22. The van der Waals surface area contributed by atoms with Crippen LogP contribution in [0.2, 0.25) is 0 Å². The number of hydrogen-bond acceptors (Lipinski definition) is 4. The van der Waals surface area contributed by atoms with E-state index < -0.39 is 0 Å². The lowest BCUT2D eigenvalue weighted by Gasteiger charge is -2.08. The summed E-state index contributed by atoms with van der Waals surface area (Å²) in [6, 6.07) is 7.99. The zero-order valence-corrected chi connectivity index (χ0v) is 12.0. The molecular formula is C16H18N2O2. The van der Waals surface area contributed by atoms with Gasteiger partial charge < -0.3 is 4.74 Å². The molecule has 0 atom stereocenters. The summed E-state index contributed by atoms with van der Waals surface area (Å²) >= 11 is 0. The van der Waals surface area contributed by atoms with Crippen molar-refractivity contribution >= 4 is 5.97 Å². The summed E-state index contributed by atoms with van der Waals surface area (Å²) in [4.78, 5) is 20.6. The molecular weight excluding hydrogens is 252 g/mol. The van der Waals surface area contributed by atoms with Gasteiger partial charge in [0.1, 0.15) is 0 Å². The van der Waals surface area contributed by atoms with Crippen molar-refractivity contribution in [1.82, 2.24) is 9.97 Å². The molecule has 4 heteroatoms. The Labute approximate surface area is 118 Å². The molecule has 104 valence electrons. The Balaban J connectivity index is 2.41. The lowest BCUT2D eigenvalue weighted by atomic mass is 10.1. The smallest absolute Gasteiger partial charge is 0.341 e. The van der Waals surface area contributed by atoms with E-state index in [1.165, 1.54) is 0 Å². The molecule has 20 heavy (non-hydrogen) atoms. The number of aryl methyl sites for hydroxylation is 2. The maximum absolute atomic E-state index is 11.8. The molecule has 0 saturated heterocycles. The molecule has 1 heterocycles. The molecule has 0 amide bonds. The first-order chi connectivity index (χ1) is 9.65. The molecule has 0 N–H and O–H groups in total. The summed E-state index contributed by atoms with van der Waals surface area (Å²) in [6.45, 7) is 6.12. The van der Waals surface area contributed by atoms with Gasteiger partial charge in [-0.1, -0.05) is 30.7 Å². The van der Waals surface area contributed by atoms with Crippen molar-refractivity contribution in [1.29, 1.82) is 0 Å². The van der Waals surface area contributed by atoms with Gasteiger partial charge in [-0.3, -0.25) is 0 Å². The van der Waals surface area contributed by atoms with Gasteiger partial charge in [0.25, 0.3) is 0 Å². The summed E-state index contributed by atoms with van der Waals surface area (Å²) in [5.74, 6) is 0.277. The minimum atomic E-state index is -0.361. The van der Waals surface area contributed by atoms with Gasteiger partial charge in [-0.25, -0.2) is 14.8 Å². The molecule has 1 aromatic carbocycles. The van der Waals surface area contributed by atoms with E-state index in [-0.39, 0.29) is 5.97 Å². The highest BCUT2D eigenvalue weighted by atomic mass is 16.5. The lowest BCUT2D eigenvalue weighted by molar-refractivity contribution is 0.0524. The number of hydrogen-bond donors (Lipinski definition) is 0. The lowest BCUT2D eigenvalue weighted by Crippen LogP contribution is -2.11. The topological polar surface area (TPSA) is 52.1 Å². The van der Waals surface area contributed by atoms with Crippen molar-refractivity contribution < 1.29 is 9.53 Å². The molecule has 0 radical (unpaired) electrons. The van der Waals surface area contributed by atoms with E-state index in [4.69, 9.17) is 4.74 Å². The maximum Gasteiger partial charge on any atom is 0.341 e. The number of ether oxygens (including phenoxy) is 1. The number of rotatable bonds is 4. The number of carbonyl (C=O) groups excluding carboxylic acids is 1. The molecule has 1 aromatic heterocycles. The van der Waals surface area contributed by atoms with Crippen molar-refractivity contribution in [2.24, 2.45) is 0 Å². The van der Waals surface area contributed by atoms with Crippen molar-refractivity contribution in [3.05, 3.63) is 47.3 Å². The largest absolute Gasteiger partial charge is 0.462 e. The first-order valence-electron chi connectivity index (χ1n) is 6.75. The van der Waals surface area contributed by atoms with Crippen LogP contribution in [0.15, 0.2) is 30.5 Å². The molecule has 2 aromatic rings. The third kappa shape index (κ3) is 3.02. The number of esters is 1. The summed E-state index contributed by atoms with van der Waals surface area (Å²) in [5.41, 5.74) is 3.27. The molecule has 0 fully saturated rings. The fraction of sp³-hybridized carbons (Fsp3) is 0.312. The predicted octanol–water partition coefficient (Wildman–Crippen LogP) is 3.19. The van der Waals surface area contributed by atoms with Crippen molar-refractivity contribution in [3.8, 4) is 11.4 Å². The minimum Gasteiger partial charge on any atom is -0.462 e. The van der Waals surface area contributed by atoms with E-state index in [2.05, 4.69) is 9.97 Å². The second kappa shape index (κ2) is 6.28. The first-order valence-corrected chi connectivity index (χ1v) is 6.75. The monoisotopic (exact) mass is 270 g/mol. The number of benzene rings is 1.